The first-order chi connectivity index (χ1) is 4.68. The molecule has 3 heteroatoms. The van der Waals surface area contributed by atoms with Crippen molar-refractivity contribution in [2.24, 2.45) is 5.92 Å². The van der Waals surface area contributed by atoms with Crippen LogP contribution < -0.4 is 0 Å². The number of nitrogens with zero attached hydrogens (tertiary/aromatic N) is 2. The van der Waals surface area contributed by atoms with E-state index in [1.165, 1.54) is 0 Å². The predicted octanol–water partition coefficient (Wildman–Crippen LogP) is 2.30. The Labute approximate surface area is 69.4 Å². The lowest BCUT2D eigenvalue weighted by Crippen LogP contribution is -2.00. The molecular formula is C7H11BrN2. The van der Waals surface area contributed by atoms with Crippen molar-refractivity contribution in [2.75, 3.05) is 0 Å². The third-order valence-electron chi connectivity index (χ3n) is 1.18. The van der Waals surface area contributed by atoms with E-state index in [1.54, 1.807) is 0 Å². The SMILES string of the molecule is CC(C)Cn1cnc(Br)c1. The summed E-state index contributed by atoms with van der Waals surface area (Å²) < 4.78 is 2.99. The van der Waals surface area contributed by atoms with Crippen molar-refractivity contribution in [3.05, 3.63) is 17.1 Å². The van der Waals surface area contributed by atoms with E-state index in [0.29, 0.717) is 5.92 Å². The van der Waals surface area contributed by atoms with Crippen molar-refractivity contribution in [1.82, 2.24) is 9.55 Å². The Morgan fingerprint density at radius 2 is 2.40 bits per heavy atom. The molecule has 1 aromatic heterocycles. The molecule has 0 saturated heterocycles. The van der Waals surface area contributed by atoms with Gasteiger partial charge in [0.05, 0.1) is 6.33 Å². The van der Waals surface area contributed by atoms with Gasteiger partial charge >= 0.3 is 0 Å². The summed E-state index contributed by atoms with van der Waals surface area (Å²) in [6.45, 7) is 5.42. The highest BCUT2D eigenvalue weighted by Crippen LogP contribution is 2.06. The molecule has 0 aliphatic heterocycles. The predicted molar refractivity (Wildman–Crippen MR) is 44.8 cm³/mol. The largest absolute Gasteiger partial charge is 0.336 e. The quantitative estimate of drug-likeness (QED) is 0.721. The van der Waals surface area contributed by atoms with Gasteiger partial charge in [-0.25, -0.2) is 4.98 Å². The summed E-state index contributed by atoms with van der Waals surface area (Å²) in [5.41, 5.74) is 0. The van der Waals surface area contributed by atoms with E-state index in [4.69, 9.17) is 0 Å². The smallest absolute Gasteiger partial charge is 0.124 e. The maximum absolute atomic E-state index is 4.05. The van der Waals surface area contributed by atoms with Crippen LogP contribution in [0.3, 0.4) is 0 Å². The molecule has 0 amide bonds. The average Bonchev–Trinajstić information content (AvgIpc) is 2.13. The van der Waals surface area contributed by atoms with Crippen LogP contribution in [0, 0.1) is 5.92 Å². The Balaban J connectivity index is 2.58. The number of hydrogen-bond acceptors (Lipinski definition) is 1. The number of imidazole rings is 1. The second-order valence-corrected chi connectivity index (χ2v) is 3.60. The summed E-state index contributed by atoms with van der Waals surface area (Å²) in [4.78, 5) is 4.05. The molecule has 56 valence electrons. The highest BCUT2D eigenvalue weighted by molar-refractivity contribution is 9.10. The third kappa shape index (κ3) is 2.14. The molecule has 0 bridgehead atoms. The van der Waals surface area contributed by atoms with Crippen LogP contribution in [0.1, 0.15) is 13.8 Å². The molecule has 0 aliphatic rings. The third-order valence-corrected chi connectivity index (χ3v) is 1.59. The zero-order chi connectivity index (χ0) is 7.56. The number of aromatic nitrogens is 2. The molecule has 10 heavy (non-hydrogen) atoms. The molecule has 0 aromatic carbocycles. The van der Waals surface area contributed by atoms with Crippen LogP contribution in [-0.2, 0) is 6.54 Å². The van der Waals surface area contributed by atoms with Gasteiger partial charge in [-0.05, 0) is 21.8 Å². The topological polar surface area (TPSA) is 17.8 Å². The first-order valence-corrected chi connectivity index (χ1v) is 4.15. The summed E-state index contributed by atoms with van der Waals surface area (Å²) in [5.74, 6) is 0.682. The van der Waals surface area contributed by atoms with E-state index in [-0.39, 0.29) is 0 Å². The van der Waals surface area contributed by atoms with Crippen LogP contribution in [0.15, 0.2) is 17.1 Å². The van der Waals surface area contributed by atoms with Gasteiger partial charge in [-0.1, -0.05) is 13.8 Å². The van der Waals surface area contributed by atoms with Gasteiger partial charge in [0.1, 0.15) is 4.60 Å². The monoisotopic (exact) mass is 202 g/mol. The van der Waals surface area contributed by atoms with Crippen LogP contribution in [0.2, 0.25) is 0 Å². The fourth-order valence-corrected chi connectivity index (χ4v) is 1.21. The summed E-state index contributed by atoms with van der Waals surface area (Å²) in [5, 5.41) is 0. The summed E-state index contributed by atoms with van der Waals surface area (Å²) in [6, 6.07) is 0. The Morgan fingerprint density at radius 3 is 2.80 bits per heavy atom. The van der Waals surface area contributed by atoms with Crippen molar-refractivity contribution in [1.29, 1.82) is 0 Å². The molecule has 0 saturated carbocycles. The normalized spacial score (nSPS) is 10.8. The highest BCUT2D eigenvalue weighted by atomic mass is 79.9. The fraction of sp³-hybridized carbons (Fsp3) is 0.571. The van der Waals surface area contributed by atoms with E-state index >= 15 is 0 Å². The summed E-state index contributed by atoms with van der Waals surface area (Å²) in [7, 11) is 0. The Hall–Kier alpha value is -0.310. The molecule has 0 spiro atoms. The first-order valence-electron chi connectivity index (χ1n) is 3.36. The molecular weight excluding hydrogens is 192 g/mol. The van der Waals surface area contributed by atoms with Crippen LogP contribution in [0.25, 0.3) is 0 Å². The van der Waals surface area contributed by atoms with Gasteiger partial charge in [0.2, 0.25) is 0 Å². The van der Waals surface area contributed by atoms with E-state index in [9.17, 15) is 0 Å². The molecule has 1 aromatic rings. The Morgan fingerprint density at radius 1 is 1.70 bits per heavy atom. The van der Waals surface area contributed by atoms with Crippen molar-refractivity contribution >= 4 is 15.9 Å². The molecule has 0 aliphatic carbocycles. The lowest BCUT2D eigenvalue weighted by Gasteiger charge is -2.03. The van der Waals surface area contributed by atoms with E-state index in [2.05, 4.69) is 39.3 Å². The van der Waals surface area contributed by atoms with Crippen molar-refractivity contribution in [3.8, 4) is 0 Å². The molecule has 0 N–H and O–H groups in total. The summed E-state index contributed by atoms with van der Waals surface area (Å²) in [6.07, 6.45) is 3.82. The van der Waals surface area contributed by atoms with Gasteiger partial charge in [0, 0.05) is 12.7 Å². The average molecular weight is 203 g/mol. The van der Waals surface area contributed by atoms with Crippen LogP contribution in [0.4, 0.5) is 0 Å². The summed E-state index contributed by atoms with van der Waals surface area (Å²) >= 11 is 3.29. The van der Waals surface area contributed by atoms with Crippen LogP contribution >= 0.6 is 15.9 Å². The van der Waals surface area contributed by atoms with E-state index < -0.39 is 0 Å². The molecule has 0 fully saturated rings. The van der Waals surface area contributed by atoms with Crippen LogP contribution in [-0.4, -0.2) is 9.55 Å². The second kappa shape index (κ2) is 3.19. The van der Waals surface area contributed by atoms with Gasteiger partial charge in [-0.15, -0.1) is 0 Å². The minimum Gasteiger partial charge on any atom is -0.336 e. The van der Waals surface area contributed by atoms with E-state index in [1.807, 2.05) is 12.5 Å². The first kappa shape index (κ1) is 7.79. The van der Waals surface area contributed by atoms with Crippen LogP contribution in [0.5, 0.6) is 0 Å². The van der Waals surface area contributed by atoms with Crippen molar-refractivity contribution in [3.63, 3.8) is 0 Å². The van der Waals surface area contributed by atoms with Gasteiger partial charge in [0.15, 0.2) is 0 Å². The zero-order valence-corrected chi connectivity index (χ0v) is 7.80. The Bertz CT molecular complexity index is 205. The van der Waals surface area contributed by atoms with Gasteiger partial charge in [-0.3, -0.25) is 0 Å². The maximum Gasteiger partial charge on any atom is 0.124 e. The molecule has 0 atom stereocenters. The molecule has 1 heterocycles. The number of hydrogen-bond donors (Lipinski definition) is 0. The Kier molecular flexibility index (Phi) is 2.49. The van der Waals surface area contributed by atoms with Gasteiger partial charge < -0.3 is 4.57 Å². The molecule has 1 rings (SSSR count). The minimum atomic E-state index is 0.682. The molecule has 0 unspecified atom stereocenters. The van der Waals surface area contributed by atoms with Crippen molar-refractivity contribution in [2.45, 2.75) is 20.4 Å². The van der Waals surface area contributed by atoms with Gasteiger partial charge in [0.25, 0.3) is 0 Å². The van der Waals surface area contributed by atoms with Gasteiger partial charge in [-0.2, -0.15) is 0 Å². The highest BCUT2D eigenvalue weighted by Gasteiger charge is 1.96. The standard InChI is InChI=1S/C7H11BrN2/c1-6(2)3-10-4-7(8)9-5-10/h4-6H,3H2,1-2H3. The fourth-order valence-electron chi connectivity index (χ4n) is 0.854. The number of halogens is 1. The second-order valence-electron chi connectivity index (χ2n) is 2.79. The molecule has 2 nitrogen and oxygen atoms in total. The minimum absolute atomic E-state index is 0.682. The number of rotatable bonds is 2. The molecule has 0 radical (unpaired) electrons. The van der Waals surface area contributed by atoms with E-state index in [0.717, 1.165) is 11.1 Å². The lowest BCUT2D eigenvalue weighted by molar-refractivity contribution is 0.522. The zero-order valence-electron chi connectivity index (χ0n) is 6.21. The van der Waals surface area contributed by atoms with Crippen molar-refractivity contribution < 1.29 is 0 Å². The maximum atomic E-state index is 4.05. The lowest BCUT2D eigenvalue weighted by atomic mass is 10.2.